The third kappa shape index (κ3) is 6.60. The van der Waals surface area contributed by atoms with Gasteiger partial charge in [0.2, 0.25) is 5.82 Å². The summed E-state index contributed by atoms with van der Waals surface area (Å²) in [6, 6.07) is 1.67. The molecule has 86 valence electrons. The fourth-order valence-electron chi connectivity index (χ4n) is 0.610. The van der Waals surface area contributed by atoms with Crippen molar-refractivity contribution in [1.82, 2.24) is 14.9 Å². The van der Waals surface area contributed by atoms with Crippen LogP contribution in [0.1, 0.15) is 38.3 Å². The minimum Gasteiger partial charge on any atom is -0.342 e. The molecule has 0 aromatic carbocycles. The van der Waals surface area contributed by atoms with E-state index in [2.05, 4.69) is 9.97 Å². The molecule has 1 aromatic rings. The third-order valence-electron chi connectivity index (χ3n) is 1.16. The summed E-state index contributed by atoms with van der Waals surface area (Å²) in [5, 5.41) is 0. The summed E-state index contributed by atoms with van der Waals surface area (Å²) < 4.78 is 0. The van der Waals surface area contributed by atoms with Gasteiger partial charge in [0, 0.05) is 26.5 Å². The molecule has 0 bridgehead atoms. The standard InChI is InChI=1S/C7H9N3O.2C2H6/c1-10(2)7(11)6-8-4-3-5-9-6;2*1-2/h3-5H,1-2H3;2*1-2H3. The second-order valence-corrected chi connectivity index (χ2v) is 2.27. The van der Waals surface area contributed by atoms with Crippen LogP contribution in [0.4, 0.5) is 0 Å². The van der Waals surface area contributed by atoms with Gasteiger partial charge in [-0.25, -0.2) is 9.97 Å². The number of hydrogen-bond acceptors (Lipinski definition) is 3. The molecule has 0 spiro atoms. The van der Waals surface area contributed by atoms with E-state index in [0.29, 0.717) is 0 Å². The van der Waals surface area contributed by atoms with Crippen LogP contribution in [0.3, 0.4) is 0 Å². The highest BCUT2D eigenvalue weighted by Crippen LogP contribution is 1.91. The van der Waals surface area contributed by atoms with Crippen LogP contribution in [-0.2, 0) is 0 Å². The maximum atomic E-state index is 11.1. The fourth-order valence-corrected chi connectivity index (χ4v) is 0.610. The fraction of sp³-hybridized carbons (Fsp3) is 0.545. The van der Waals surface area contributed by atoms with Crippen LogP contribution in [0.5, 0.6) is 0 Å². The normalized spacial score (nSPS) is 7.60. The largest absolute Gasteiger partial charge is 0.342 e. The van der Waals surface area contributed by atoms with Gasteiger partial charge < -0.3 is 4.90 Å². The van der Waals surface area contributed by atoms with Crippen molar-refractivity contribution in [3.63, 3.8) is 0 Å². The summed E-state index contributed by atoms with van der Waals surface area (Å²) in [7, 11) is 3.33. The molecule has 0 unspecified atom stereocenters. The van der Waals surface area contributed by atoms with Gasteiger partial charge in [0.05, 0.1) is 0 Å². The Bertz CT molecular complexity index is 247. The average Bonchev–Trinajstić information content (AvgIpc) is 2.34. The zero-order valence-electron chi connectivity index (χ0n) is 10.5. The molecule has 0 radical (unpaired) electrons. The quantitative estimate of drug-likeness (QED) is 0.715. The highest BCUT2D eigenvalue weighted by Gasteiger charge is 2.08. The summed E-state index contributed by atoms with van der Waals surface area (Å²) in [6.45, 7) is 8.00. The Morgan fingerprint density at radius 3 is 1.80 bits per heavy atom. The lowest BCUT2D eigenvalue weighted by molar-refractivity contribution is 0.0815. The predicted octanol–water partition coefficient (Wildman–Crippen LogP) is 2.23. The molecule has 0 aliphatic carbocycles. The number of nitrogens with zero attached hydrogens (tertiary/aromatic N) is 3. The molecule has 0 fully saturated rings. The second kappa shape index (κ2) is 10.6. The predicted molar refractivity (Wildman–Crippen MR) is 62.7 cm³/mol. The van der Waals surface area contributed by atoms with Gasteiger partial charge in [-0.15, -0.1) is 0 Å². The monoisotopic (exact) mass is 211 g/mol. The molecule has 1 amide bonds. The van der Waals surface area contributed by atoms with E-state index in [9.17, 15) is 4.79 Å². The van der Waals surface area contributed by atoms with Crippen LogP contribution in [0.25, 0.3) is 0 Å². The van der Waals surface area contributed by atoms with Crippen LogP contribution in [-0.4, -0.2) is 34.9 Å². The zero-order valence-corrected chi connectivity index (χ0v) is 10.5. The van der Waals surface area contributed by atoms with Crippen molar-refractivity contribution < 1.29 is 4.79 Å². The number of rotatable bonds is 1. The molecule has 0 aliphatic rings. The van der Waals surface area contributed by atoms with E-state index in [1.165, 1.54) is 4.90 Å². The molecule has 0 saturated carbocycles. The molecule has 1 rings (SSSR count). The average molecular weight is 211 g/mol. The first-order valence-corrected chi connectivity index (χ1v) is 5.20. The van der Waals surface area contributed by atoms with Crippen LogP contribution in [0.15, 0.2) is 18.5 Å². The van der Waals surface area contributed by atoms with E-state index < -0.39 is 0 Å². The lowest BCUT2D eigenvalue weighted by Crippen LogP contribution is -2.23. The Balaban J connectivity index is 0. The molecular weight excluding hydrogens is 190 g/mol. The van der Waals surface area contributed by atoms with Crippen molar-refractivity contribution in [2.24, 2.45) is 0 Å². The summed E-state index contributed by atoms with van der Waals surface area (Å²) in [5.74, 6) is 0.0584. The highest BCUT2D eigenvalue weighted by atomic mass is 16.2. The molecule has 0 saturated heterocycles. The molecule has 0 atom stereocenters. The van der Waals surface area contributed by atoms with Crippen molar-refractivity contribution in [1.29, 1.82) is 0 Å². The topological polar surface area (TPSA) is 46.1 Å². The Morgan fingerprint density at radius 2 is 1.47 bits per heavy atom. The Labute approximate surface area is 92.4 Å². The molecule has 1 aromatic heterocycles. The van der Waals surface area contributed by atoms with E-state index in [0.717, 1.165) is 0 Å². The van der Waals surface area contributed by atoms with Gasteiger partial charge in [0.25, 0.3) is 5.91 Å². The molecule has 4 heteroatoms. The lowest BCUT2D eigenvalue weighted by atomic mass is 10.5. The van der Waals surface area contributed by atoms with Gasteiger partial charge in [0.15, 0.2) is 0 Å². The van der Waals surface area contributed by atoms with E-state index in [-0.39, 0.29) is 11.7 Å². The molecule has 0 N–H and O–H groups in total. The second-order valence-electron chi connectivity index (χ2n) is 2.27. The summed E-state index contributed by atoms with van der Waals surface area (Å²) in [4.78, 5) is 20.2. The Hall–Kier alpha value is -1.45. The van der Waals surface area contributed by atoms with Gasteiger partial charge >= 0.3 is 0 Å². The van der Waals surface area contributed by atoms with Crippen molar-refractivity contribution in [3.8, 4) is 0 Å². The number of carbonyl (C=O) groups is 1. The van der Waals surface area contributed by atoms with Crippen molar-refractivity contribution in [2.45, 2.75) is 27.7 Å². The van der Waals surface area contributed by atoms with Crippen molar-refractivity contribution >= 4 is 5.91 Å². The molecule has 0 aliphatic heterocycles. The number of aromatic nitrogens is 2. The summed E-state index contributed by atoms with van der Waals surface area (Å²) in [5.41, 5.74) is 0. The summed E-state index contributed by atoms with van der Waals surface area (Å²) in [6.07, 6.45) is 3.09. The van der Waals surface area contributed by atoms with E-state index in [1.54, 1.807) is 32.6 Å². The van der Waals surface area contributed by atoms with Crippen LogP contribution in [0.2, 0.25) is 0 Å². The maximum absolute atomic E-state index is 11.1. The van der Waals surface area contributed by atoms with Gasteiger partial charge in [-0.2, -0.15) is 0 Å². The smallest absolute Gasteiger partial charge is 0.291 e. The van der Waals surface area contributed by atoms with Gasteiger partial charge in [-0.05, 0) is 6.07 Å². The first-order valence-electron chi connectivity index (χ1n) is 5.20. The van der Waals surface area contributed by atoms with Gasteiger partial charge in [0.1, 0.15) is 0 Å². The van der Waals surface area contributed by atoms with E-state index >= 15 is 0 Å². The minimum atomic E-state index is -0.175. The Morgan fingerprint density at radius 1 is 1.07 bits per heavy atom. The van der Waals surface area contributed by atoms with Crippen LogP contribution < -0.4 is 0 Å². The minimum absolute atomic E-state index is 0.175. The SMILES string of the molecule is CC.CC.CN(C)C(=O)c1ncccn1. The zero-order chi connectivity index (χ0) is 12.3. The van der Waals surface area contributed by atoms with Crippen molar-refractivity contribution in [3.05, 3.63) is 24.3 Å². The molecule has 15 heavy (non-hydrogen) atoms. The number of hydrogen-bond donors (Lipinski definition) is 0. The highest BCUT2D eigenvalue weighted by molar-refractivity contribution is 5.89. The molecule has 4 nitrogen and oxygen atoms in total. The van der Waals surface area contributed by atoms with Gasteiger partial charge in [-0.3, -0.25) is 4.79 Å². The van der Waals surface area contributed by atoms with E-state index in [1.807, 2.05) is 27.7 Å². The summed E-state index contributed by atoms with van der Waals surface area (Å²) >= 11 is 0. The van der Waals surface area contributed by atoms with Crippen molar-refractivity contribution in [2.75, 3.05) is 14.1 Å². The first kappa shape index (κ1) is 16.0. The van der Waals surface area contributed by atoms with Crippen LogP contribution >= 0.6 is 0 Å². The molecule has 1 heterocycles. The number of carbonyl (C=O) groups excluding carboxylic acids is 1. The molecular formula is C11H21N3O. The number of amides is 1. The first-order chi connectivity index (χ1) is 7.22. The third-order valence-corrected chi connectivity index (χ3v) is 1.16. The van der Waals surface area contributed by atoms with E-state index in [4.69, 9.17) is 0 Å². The van der Waals surface area contributed by atoms with Crippen LogP contribution in [0, 0.1) is 0 Å². The maximum Gasteiger partial charge on any atom is 0.291 e. The Kier molecular flexibility index (Phi) is 11.3. The lowest BCUT2D eigenvalue weighted by Gasteiger charge is -2.06. The van der Waals surface area contributed by atoms with Gasteiger partial charge in [-0.1, -0.05) is 27.7 Å².